The van der Waals surface area contributed by atoms with E-state index in [0.717, 1.165) is 19.6 Å². The smallest absolute Gasteiger partial charge is 0.291 e. The van der Waals surface area contributed by atoms with Gasteiger partial charge in [-0.25, -0.2) is 4.98 Å². The summed E-state index contributed by atoms with van der Waals surface area (Å²) in [5, 5.41) is 3.42. The number of aromatic nitrogens is 1. The highest BCUT2D eigenvalue weighted by molar-refractivity contribution is 5.92. The van der Waals surface area contributed by atoms with Crippen LogP contribution in [0.5, 0.6) is 0 Å². The SMILES string of the molecule is Cc1ncoc1C(=O)N1C[C@H]2CN[C@H](C2)C1. The average Bonchev–Trinajstić information content (AvgIpc) is 2.84. The summed E-state index contributed by atoms with van der Waals surface area (Å²) in [6.45, 7) is 4.45. The first-order valence-corrected chi connectivity index (χ1v) is 5.67. The van der Waals surface area contributed by atoms with Crippen molar-refractivity contribution in [1.29, 1.82) is 0 Å². The summed E-state index contributed by atoms with van der Waals surface area (Å²) in [4.78, 5) is 18.0. The maximum atomic E-state index is 12.2. The minimum absolute atomic E-state index is 0.0200. The fraction of sp³-hybridized carbons (Fsp3) is 0.636. The first-order chi connectivity index (χ1) is 7.74. The number of hydrogen-bond acceptors (Lipinski definition) is 4. The van der Waals surface area contributed by atoms with Crippen molar-refractivity contribution in [3.8, 4) is 0 Å². The van der Waals surface area contributed by atoms with Crippen molar-refractivity contribution in [2.24, 2.45) is 5.92 Å². The Morgan fingerprint density at radius 2 is 2.50 bits per heavy atom. The second-order valence-electron chi connectivity index (χ2n) is 4.68. The molecule has 2 bridgehead atoms. The Morgan fingerprint density at radius 1 is 1.62 bits per heavy atom. The molecule has 1 aromatic rings. The predicted octanol–water partition coefficient (Wildman–Crippen LogP) is 0.417. The van der Waals surface area contributed by atoms with Crippen LogP contribution < -0.4 is 5.32 Å². The van der Waals surface area contributed by atoms with Crippen LogP contribution in [0.25, 0.3) is 0 Å². The van der Waals surface area contributed by atoms with Gasteiger partial charge in [0.05, 0.1) is 5.69 Å². The van der Waals surface area contributed by atoms with Crippen LogP contribution in [0, 0.1) is 12.8 Å². The molecular weight excluding hydrogens is 206 g/mol. The van der Waals surface area contributed by atoms with Crippen LogP contribution in [0.1, 0.15) is 22.7 Å². The van der Waals surface area contributed by atoms with E-state index in [-0.39, 0.29) is 5.91 Å². The predicted molar refractivity (Wildman–Crippen MR) is 57.0 cm³/mol. The third-order valence-electron chi connectivity index (χ3n) is 3.46. The lowest BCUT2D eigenvalue weighted by Crippen LogP contribution is -2.44. The molecule has 5 nitrogen and oxygen atoms in total. The van der Waals surface area contributed by atoms with Crippen molar-refractivity contribution in [1.82, 2.24) is 15.2 Å². The van der Waals surface area contributed by atoms with E-state index < -0.39 is 0 Å². The summed E-state index contributed by atoms with van der Waals surface area (Å²) in [7, 11) is 0. The molecular formula is C11H15N3O2. The summed E-state index contributed by atoms with van der Waals surface area (Å²) in [6.07, 6.45) is 2.53. The fourth-order valence-corrected chi connectivity index (χ4v) is 2.65. The highest BCUT2D eigenvalue weighted by atomic mass is 16.3. The van der Waals surface area contributed by atoms with Crippen molar-refractivity contribution in [2.75, 3.05) is 19.6 Å². The number of piperidine rings is 1. The van der Waals surface area contributed by atoms with Gasteiger partial charge in [0.15, 0.2) is 6.39 Å². The van der Waals surface area contributed by atoms with E-state index in [1.54, 1.807) is 6.92 Å². The van der Waals surface area contributed by atoms with Gasteiger partial charge in [-0.15, -0.1) is 0 Å². The summed E-state index contributed by atoms with van der Waals surface area (Å²) in [5.74, 6) is 0.973. The van der Waals surface area contributed by atoms with Crippen molar-refractivity contribution >= 4 is 5.91 Å². The third-order valence-corrected chi connectivity index (χ3v) is 3.46. The Labute approximate surface area is 93.8 Å². The molecule has 0 saturated carbocycles. The number of carbonyl (C=O) groups is 1. The number of oxazole rings is 1. The molecule has 0 aliphatic carbocycles. The molecule has 2 atom stereocenters. The van der Waals surface area contributed by atoms with Crippen molar-refractivity contribution < 1.29 is 9.21 Å². The van der Waals surface area contributed by atoms with E-state index in [0.29, 0.717) is 23.4 Å². The van der Waals surface area contributed by atoms with Gasteiger partial charge in [0, 0.05) is 25.7 Å². The van der Waals surface area contributed by atoms with Gasteiger partial charge >= 0.3 is 0 Å². The number of nitrogens with one attached hydrogen (secondary N) is 1. The topological polar surface area (TPSA) is 58.4 Å². The Hall–Kier alpha value is -1.36. The van der Waals surface area contributed by atoms with E-state index in [4.69, 9.17) is 4.42 Å². The first kappa shape index (κ1) is 9.84. The number of nitrogens with zero attached hydrogens (tertiary/aromatic N) is 2. The van der Waals surface area contributed by atoms with Crippen LogP contribution in [0.3, 0.4) is 0 Å². The zero-order chi connectivity index (χ0) is 11.1. The molecule has 0 radical (unpaired) electrons. The van der Waals surface area contributed by atoms with Crippen LogP contribution >= 0.6 is 0 Å². The number of aryl methyl sites for hydroxylation is 1. The lowest BCUT2D eigenvalue weighted by Gasteiger charge is -2.30. The van der Waals surface area contributed by atoms with Gasteiger partial charge in [-0.3, -0.25) is 4.79 Å². The quantitative estimate of drug-likeness (QED) is 0.746. The van der Waals surface area contributed by atoms with Crippen LogP contribution in [0.4, 0.5) is 0 Å². The van der Waals surface area contributed by atoms with E-state index in [9.17, 15) is 4.79 Å². The van der Waals surface area contributed by atoms with Crippen LogP contribution in [-0.2, 0) is 0 Å². The third kappa shape index (κ3) is 1.51. The Bertz CT molecular complexity index is 403. The molecule has 3 heterocycles. The highest BCUT2D eigenvalue weighted by Gasteiger charge is 2.36. The fourth-order valence-electron chi connectivity index (χ4n) is 2.65. The second-order valence-corrected chi connectivity index (χ2v) is 4.68. The van der Waals surface area contributed by atoms with Crippen LogP contribution in [-0.4, -0.2) is 41.5 Å². The molecule has 0 unspecified atom stereocenters. The molecule has 2 aliphatic rings. The summed E-state index contributed by atoms with van der Waals surface area (Å²) in [6, 6.07) is 0.464. The molecule has 5 heteroatoms. The maximum Gasteiger partial charge on any atom is 0.291 e. The molecule has 2 aliphatic heterocycles. The number of amides is 1. The zero-order valence-electron chi connectivity index (χ0n) is 9.27. The van der Waals surface area contributed by atoms with E-state index in [2.05, 4.69) is 10.3 Å². The number of hydrogen-bond donors (Lipinski definition) is 1. The lowest BCUT2D eigenvalue weighted by molar-refractivity contribution is 0.0658. The molecule has 3 rings (SSSR count). The molecule has 0 aromatic carbocycles. The normalized spacial score (nSPS) is 28.4. The number of rotatable bonds is 1. The molecule has 86 valence electrons. The summed E-state index contributed by atoms with van der Waals surface area (Å²) < 4.78 is 5.15. The average molecular weight is 221 g/mol. The molecule has 1 amide bonds. The summed E-state index contributed by atoms with van der Waals surface area (Å²) >= 11 is 0. The number of likely N-dealkylation sites (tertiary alicyclic amines) is 1. The minimum atomic E-state index is -0.0200. The maximum absolute atomic E-state index is 12.2. The van der Waals surface area contributed by atoms with Gasteiger partial charge in [0.1, 0.15) is 0 Å². The Kier molecular flexibility index (Phi) is 2.21. The Morgan fingerprint density at radius 3 is 3.19 bits per heavy atom. The van der Waals surface area contributed by atoms with Gasteiger partial charge in [-0.1, -0.05) is 0 Å². The Balaban J connectivity index is 1.79. The van der Waals surface area contributed by atoms with Gasteiger partial charge in [-0.05, 0) is 19.3 Å². The van der Waals surface area contributed by atoms with Crippen molar-refractivity contribution in [2.45, 2.75) is 19.4 Å². The van der Waals surface area contributed by atoms with E-state index in [1.807, 2.05) is 4.90 Å². The minimum Gasteiger partial charge on any atom is -0.438 e. The molecule has 2 saturated heterocycles. The van der Waals surface area contributed by atoms with E-state index >= 15 is 0 Å². The molecule has 0 spiro atoms. The van der Waals surface area contributed by atoms with Gasteiger partial charge < -0.3 is 14.6 Å². The zero-order valence-corrected chi connectivity index (χ0v) is 9.27. The molecule has 16 heavy (non-hydrogen) atoms. The standard InChI is InChI=1S/C11H15N3O2/c1-7-10(16-6-13-7)11(15)14-4-8-2-9(5-14)12-3-8/h6,8-9,12H,2-5H2,1H3/t8-,9-/m1/s1. The van der Waals surface area contributed by atoms with Crippen LogP contribution in [0.15, 0.2) is 10.8 Å². The summed E-state index contributed by atoms with van der Waals surface area (Å²) in [5.41, 5.74) is 0.677. The van der Waals surface area contributed by atoms with Gasteiger partial charge in [-0.2, -0.15) is 0 Å². The molecule has 1 aromatic heterocycles. The van der Waals surface area contributed by atoms with E-state index in [1.165, 1.54) is 12.8 Å². The first-order valence-electron chi connectivity index (χ1n) is 5.67. The monoisotopic (exact) mass is 221 g/mol. The second kappa shape index (κ2) is 3.59. The number of carbonyl (C=O) groups excluding carboxylic acids is 1. The highest BCUT2D eigenvalue weighted by Crippen LogP contribution is 2.23. The van der Waals surface area contributed by atoms with Crippen LogP contribution in [0.2, 0.25) is 0 Å². The van der Waals surface area contributed by atoms with Gasteiger partial charge in [0.25, 0.3) is 5.91 Å². The van der Waals surface area contributed by atoms with Crippen molar-refractivity contribution in [3.63, 3.8) is 0 Å². The number of fused-ring (bicyclic) bond motifs is 2. The largest absolute Gasteiger partial charge is 0.438 e. The lowest BCUT2D eigenvalue weighted by atomic mass is 10.00. The van der Waals surface area contributed by atoms with Gasteiger partial charge in [0.2, 0.25) is 5.76 Å². The van der Waals surface area contributed by atoms with Crippen molar-refractivity contribution in [3.05, 3.63) is 17.8 Å². The molecule has 1 N–H and O–H groups in total. The molecule has 2 fully saturated rings.